The molecule has 0 aliphatic carbocycles. The molecule has 0 bridgehead atoms. The van der Waals surface area contributed by atoms with Crippen LogP contribution in [0, 0.1) is 0 Å². The van der Waals surface area contributed by atoms with Crippen LogP contribution in [0.1, 0.15) is 31.7 Å². The number of nitrogens with zero attached hydrogens (tertiary/aromatic N) is 1. The number of rotatable bonds is 5. The Morgan fingerprint density at radius 3 is 2.65 bits per heavy atom. The molecule has 1 heterocycles. The van der Waals surface area contributed by atoms with Gasteiger partial charge in [-0.1, -0.05) is 55.8 Å². The zero-order chi connectivity index (χ0) is 11.9. The fourth-order valence-corrected chi connectivity index (χ4v) is 2.62. The van der Waals surface area contributed by atoms with E-state index in [4.69, 9.17) is 0 Å². The van der Waals surface area contributed by atoms with E-state index in [1.165, 1.54) is 37.8 Å². The normalized spacial score (nSPS) is 18.2. The first kappa shape index (κ1) is 12.4. The van der Waals surface area contributed by atoms with Crippen molar-refractivity contribution in [1.29, 1.82) is 0 Å². The van der Waals surface area contributed by atoms with Crippen molar-refractivity contribution in [3.05, 3.63) is 48.0 Å². The third kappa shape index (κ3) is 3.71. The van der Waals surface area contributed by atoms with Crippen molar-refractivity contribution < 1.29 is 0 Å². The van der Waals surface area contributed by atoms with Gasteiger partial charge in [0.15, 0.2) is 0 Å². The van der Waals surface area contributed by atoms with Crippen LogP contribution < -0.4 is 0 Å². The number of hydrogen-bond donors (Lipinski definition) is 0. The highest BCUT2D eigenvalue weighted by molar-refractivity contribution is 5.16. The second-order valence-corrected chi connectivity index (χ2v) is 4.89. The Kier molecular flexibility index (Phi) is 4.81. The molecule has 0 fully saturated rings. The standard InChI is InChI=1S/C16H23N/c1-2-9-16(17-12-7-4-8-13-17)14-15-10-5-3-6-11-15/h3-7,10-11,16H,2,8-9,12-14H2,1H3. The highest BCUT2D eigenvalue weighted by Gasteiger charge is 2.17. The van der Waals surface area contributed by atoms with E-state index in [1.54, 1.807) is 0 Å². The van der Waals surface area contributed by atoms with Crippen LogP contribution >= 0.6 is 0 Å². The summed E-state index contributed by atoms with van der Waals surface area (Å²) in [5.41, 5.74) is 1.47. The molecule has 1 aromatic carbocycles. The van der Waals surface area contributed by atoms with E-state index in [1.807, 2.05) is 0 Å². The molecule has 0 radical (unpaired) electrons. The molecule has 0 aromatic heterocycles. The van der Waals surface area contributed by atoms with Crippen molar-refractivity contribution in [3.8, 4) is 0 Å². The smallest absolute Gasteiger partial charge is 0.0166 e. The molecule has 92 valence electrons. The van der Waals surface area contributed by atoms with Gasteiger partial charge in [0.25, 0.3) is 0 Å². The molecule has 1 aliphatic rings. The molecule has 0 amide bonds. The SMILES string of the molecule is CCCC(Cc1ccccc1)N1CC=CCC1. The Labute approximate surface area is 105 Å². The highest BCUT2D eigenvalue weighted by atomic mass is 15.1. The molecule has 2 rings (SSSR count). The van der Waals surface area contributed by atoms with Gasteiger partial charge in [0.2, 0.25) is 0 Å². The fourth-order valence-electron chi connectivity index (χ4n) is 2.62. The molecule has 17 heavy (non-hydrogen) atoms. The predicted molar refractivity (Wildman–Crippen MR) is 74.2 cm³/mol. The quantitative estimate of drug-likeness (QED) is 0.696. The van der Waals surface area contributed by atoms with Crippen molar-refractivity contribution in [2.45, 2.75) is 38.6 Å². The average molecular weight is 229 g/mol. The van der Waals surface area contributed by atoms with Crippen molar-refractivity contribution >= 4 is 0 Å². The molecule has 1 aliphatic heterocycles. The van der Waals surface area contributed by atoms with Gasteiger partial charge in [0.1, 0.15) is 0 Å². The van der Waals surface area contributed by atoms with E-state index < -0.39 is 0 Å². The van der Waals surface area contributed by atoms with Crippen molar-refractivity contribution in [2.24, 2.45) is 0 Å². The molecule has 0 saturated carbocycles. The van der Waals surface area contributed by atoms with Crippen LogP contribution in [-0.2, 0) is 6.42 Å². The van der Waals surface area contributed by atoms with Crippen molar-refractivity contribution in [3.63, 3.8) is 0 Å². The van der Waals surface area contributed by atoms with E-state index in [9.17, 15) is 0 Å². The summed E-state index contributed by atoms with van der Waals surface area (Å²) < 4.78 is 0. The van der Waals surface area contributed by atoms with Gasteiger partial charge in [0, 0.05) is 19.1 Å². The number of hydrogen-bond acceptors (Lipinski definition) is 1. The average Bonchev–Trinajstić information content (AvgIpc) is 2.40. The zero-order valence-electron chi connectivity index (χ0n) is 10.8. The molecular weight excluding hydrogens is 206 g/mol. The maximum atomic E-state index is 2.64. The van der Waals surface area contributed by atoms with E-state index in [-0.39, 0.29) is 0 Å². The van der Waals surface area contributed by atoms with Gasteiger partial charge in [-0.2, -0.15) is 0 Å². The van der Waals surface area contributed by atoms with Crippen LogP contribution in [-0.4, -0.2) is 24.0 Å². The number of benzene rings is 1. The minimum absolute atomic E-state index is 0.715. The lowest BCUT2D eigenvalue weighted by Gasteiger charge is -2.32. The van der Waals surface area contributed by atoms with Gasteiger partial charge in [-0.15, -0.1) is 0 Å². The largest absolute Gasteiger partial charge is 0.296 e. The van der Waals surface area contributed by atoms with Gasteiger partial charge < -0.3 is 0 Å². The lowest BCUT2D eigenvalue weighted by Crippen LogP contribution is -2.39. The monoisotopic (exact) mass is 229 g/mol. The Morgan fingerprint density at radius 1 is 1.18 bits per heavy atom. The first-order chi connectivity index (χ1) is 8.40. The maximum absolute atomic E-state index is 2.64. The highest BCUT2D eigenvalue weighted by Crippen LogP contribution is 2.16. The summed E-state index contributed by atoms with van der Waals surface area (Å²) in [6.45, 7) is 4.66. The molecule has 1 aromatic rings. The van der Waals surface area contributed by atoms with Crippen LogP contribution in [0.15, 0.2) is 42.5 Å². The molecule has 1 heteroatoms. The predicted octanol–water partition coefficient (Wildman–Crippen LogP) is 3.66. The minimum Gasteiger partial charge on any atom is -0.296 e. The lowest BCUT2D eigenvalue weighted by atomic mass is 9.99. The third-order valence-corrected chi connectivity index (χ3v) is 3.54. The lowest BCUT2D eigenvalue weighted by molar-refractivity contribution is 0.201. The van der Waals surface area contributed by atoms with Gasteiger partial charge in [-0.25, -0.2) is 0 Å². The van der Waals surface area contributed by atoms with Crippen LogP contribution in [0.25, 0.3) is 0 Å². The van der Waals surface area contributed by atoms with Crippen LogP contribution in [0.3, 0.4) is 0 Å². The molecule has 0 N–H and O–H groups in total. The molecule has 0 saturated heterocycles. The summed E-state index contributed by atoms with van der Waals surface area (Å²) in [4.78, 5) is 2.64. The molecule has 1 atom stereocenters. The Hall–Kier alpha value is -1.08. The van der Waals surface area contributed by atoms with Gasteiger partial charge in [-0.05, 0) is 24.8 Å². The summed E-state index contributed by atoms with van der Waals surface area (Å²) in [6.07, 6.45) is 9.62. The van der Waals surface area contributed by atoms with Gasteiger partial charge in [0.05, 0.1) is 0 Å². The summed E-state index contributed by atoms with van der Waals surface area (Å²) in [5, 5.41) is 0. The first-order valence-corrected chi connectivity index (χ1v) is 6.83. The maximum Gasteiger partial charge on any atom is 0.0166 e. The summed E-state index contributed by atoms with van der Waals surface area (Å²) in [5.74, 6) is 0. The van der Waals surface area contributed by atoms with Crippen molar-refractivity contribution in [2.75, 3.05) is 13.1 Å². The molecule has 1 unspecified atom stereocenters. The summed E-state index contributed by atoms with van der Waals surface area (Å²) >= 11 is 0. The second kappa shape index (κ2) is 6.61. The van der Waals surface area contributed by atoms with E-state index in [0.717, 1.165) is 6.54 Å². The fraction of sp³-hybridized carbons (Fsp3) is 0.500. The topological polar surface area (TPSA) is 3.24 Å². The second-order valence-electron chi connectivity index (χ2n) is 4.89. The van der Waals surface area contributed by atoms with Crippen LogP contribution in [0.5, 0.6) is 0 Å². The summed E-state index contributed by atoms with van der Waals surface area (Å²) in [7, 11) is 0. The van der Waals surface area contributed by atoms with Crippen molar-refractivity contribution in [1.82, 2.24) is 4.90 Å². The summed E-state index contributed by atoms with van der Waals surface area (Å²) in [6, 6.07) is 11.6. The Morgan fingerprint density at radius 2 is 2.00 bits per heavy atom. The Bertz CT molecular complexity index is 342. The molecule has 1 nitrogen and oxygen atoms in total. The minimum atomic E-state index is 0.715. The van der Waals surface area contributed by atoms with E-state index in [2.05, 4.69) is 54.3 Å². The van der Waals surface area contributed by atoms with Crippen LogP contribution in [0.4, 0.5) is 0 Å². The molecular formula is C16H23N. The van der Waals surface area contributed by atoms with Gasteiger partial charge >= 0.3 is 0 Å². The third-order valence-electron chi connectivity index (χ3n) is 3.54. The molecule has 0 spiro atoms. The van der Waals surface area contributed by atoms with E-state index in [0.29, 0.717) is 6.04 Å². The van der Waals surface area contributed by atoms with E-state index >= 15 is 0 Å². The Balaban J connectivity index is 1.99. The first-order valence-electron chi connectivity index (χ1n) is 6.83. The van der Waals surface area contributed by atoms with Gasteiger partial charge in [-0.3, -0.25) is 4.90 Å². The van der Waals surface area contributed by atoms with Crippen LogP contribution in [0.2, 0.25) is 0 Å². The zero-order valence-corrected chi connectivity index (χ0v) is 10.8.